The van der Waals surface area contributed by atoms with E-state index in [1.54, 1.807) is 0 Å². The smallest absolute Gasteiger partial charge is 0.123 e. The zero-order valence-electron chi connectivity index (χ0n) is 27.9. The second-order valence-corrected chi connectivity index (χ2v) is 13.2. The zero-order valence-corrected chi connectivity index (χ0v) is 27.9. The molecular formula is C42H46N4O. The molecular weight excluding hydrogens is 576 g/mol. The van der Waals surface area contributed by atoms with Crippen LogP contribution < -0.4 is 4.74 Å². The molecule has 3 heterocycles. The summed E-state index contributed by atoms with van der Waals surface area (Å²) >= 11 is 0. The molecule has 0 amide bonds. The first-order chi connectivity index (χ1) is 23.2. The van der Waals surface area contributed by atoms with Crippen molar-refractivity contribution in [3.05, 3.63) is 126 Å². The summed E-state index contributed by atoms with van der Waals surface area (Å²) in [6.45, 7) is 8.38. The number of nitrogens with zero attached hydrogens (tertiary/aromatic N) is 4. The van der Waals surface area contributed by atoms with Crippen LogP contribution >= 0.6 is 0 Å². The molecule has 0 bridgehead atoms. The van der Waals surface area contributed by atoms with Crippen molar-refractivity contribution < 1.29 is 4.74 Å². The van der Waals surface area contributed by atoms with Gasteiger partial charge in [-0.25, -0.2) is 0 Å². The molecule has 0 N–H and O–H groups in total. The summed E-state index contributed by atoms with van der Waals surface area (Å²) in [5.41, 5.74) is 12.4. The van der Waals surface area contributed by atoms with Gasteiger partial charge in [-0.05, 0) is 95.0 Å². The predicted octanol–water partition coefficient (Wildman–Crippen LogP) is 9.02. The van der Waals surface area contributed by atoms with E-state index in [9.17, 15) is 0 Å². The van der Waals surface area contributed by atoms with E-state index in [0.29, 0.717) is 5.92 Å². The molecule has 1 aliphatic heterocycles. The third kappa shape index (κ3) is 7.32. The van der Waals surface area contributed by atoms with Gasteiger partial charge in [-0.2, -0.15) is 0 Å². The van der Waals surface area contributed by atoms with Crippen LogP contribution in [0.4, 0.5) is 0 Å². The Hall–Kier alpha value is -4.32. The maximum Gasteiger partial charge on any atom is 0.123 e. The number of pyridine rings is 2. The Bertz CT molecular complexity index is 1770. The number of piperazine rings is 1. The van der Waals surface area contributed by atoms with Crippen molar-refractivity contribution in [1.82, 2.24) is 19.8 Å². The van der Waals surface area contributed by atoms with Crippen LogP contribution in [0.25, 0.3) is 33.6 Å². The van der Waals surface area contributed by atoms with Gasteiger partial charge in [0.25, 0.3) is 0 Å². The van der Waals surface area contributed by atoms with Crippen LogP contribution in [0, 0.1) is 0 Å². The molecule has 3 aromatic carbocycles. The van der Waals surface area contributed by atoms with Crippen molar-refractivity contribution in [3.8, 4) is 39.4 Å². The normalized spacial score (nSPS) is 15.8. The topological polar surface area (TPSA) is 41.5 Å². The summed E-state index contributed by atoms with van der Waals surface area (Å²) < 4.78 is 5.93. The number of methoxy groups -OCH3 is 1. The third-order valence-corrected chi connectivity index (χ3v) is 10.0. The number of benzene rings is 3. The van der Waals surface area contributed by atoms with Gasteiger partial charge in [-0.3, -0.25) is 19.8 Å². The molecule has 2 aromatic heterocycles. The van der Waals surface area contributed by atoms with Crippen molar-refractivity contribution in [2.45, 2.75) is 58.0 Å². The lowest BCUT2D eigenvalue weighted by atomic mass is 9.76. The fourth-order valence-electron chi connectivity index (χ4n) is 7.14. The largest absolute Gasteiger partial charge is 0.496 e. The van der Waals surface area contributed by atoms with Crippen LogP contribution in [0.3, 0.4) is 0 Å². The Morgan fingerprint density at radius 3 is 1.79 bits per heavy atom. The first kappa shape index (κ1) is 31.3. The standard InChI is InChI=1S/C42H46N4O/c1-3-8-38-39(35-11-7-12-35)27-37(28-42(38)47-2)41-26-32(18-20-44-41)30-46-23-21-45(22-24-46)29-31-17-19-43-40(25-31)36-15-13-34(14-16-36)33-9-5-4-6-10-33/h4-6,9-10,13-20,25-28,35H,3,7-8,11-12,21-24,29-30H2,1-2H3. The van der Waals surface area contributed by atoms with Crippen LogP contribution in [-0.2, 0) is 19.5 Å². The van der Waals surface area contributed by atoms with Crippen LogP contribution in [0.5, 0.6) is 5.75 Å². The lowest BCUT2D eigenvalue weighted by Crippen LogP contribution is -2.45. The van der Waals surface area contributed by atoms with Gasteiger partial charge in [0.15, 0.2) is 0 Å². The SMILES string of the molecule is CCCc1c(OC)cc(-c2cc(CN3CCN(Cc4ccnc(-c5ccc(-c6ccccc6)cc5)c4)CC3)ccn2)cc1C1CCC1. The van der Waals surface area contributed by atoms with Crippen LogP contribution in [0.15, 0.2) is 103 Å². The van der Waals surface area contributed by atoms with Gasteiger partial charge in [-0.15, -0.1) is 0 Å². The van der Waals surface area contributed by atoms with E-state index < -0.39 is 0 Å². The fourth-order valence-corrected chi connectivity index (χ4v) is 7.14. The highest BCUT2D eigenvalue weighted by molar-refractivity contribution is 5.69. The van der Waals surface area contributed by atoms with Gasteiger partial charge in [0.05, 0.1) is 18.5 Å². The Kier molecular flexibility index (Phi) is 9.73. The van der Waals surface area contributed by atoms with E-state index in [-0.39, 0.29) is 0 Å². The van der Waals surface area contributed by atoms with Crippen LogP contribution in [-0.4, -0.2) is 53.1 Å². The lowest BCUT2D eigenvalue weighted by Gasteiger charge is -2.34. The van der Waals surface area contributed by atoms with E-state index in [1.165, 1.54) is 58.2 Å². The number of hydrogen-bond acceptors (Lipinski definition) is 5. The molecule has 1 aliphatic carbocycles. The number of ether oxygens (including phenoxy) is 1. The predicted molar refractivity (Wildman–Crippen MR) is 192 cm³/mol. The molecule has 2 fully saturated rings. The second kappa shape index (κ2) is 14.6. The fraction of sp³-hybridized carbons (Fsp3) is 0.333. The van der Waals surface area contributed by atoms with Gasteiger partial charge < -0.3 is 4.74 Å². The number of aromatic nitrogens is 2. The van der Waals surface area contributed by atoms with Gasteiger partial charge >= 0.3 is 0 Å². The maximum atomic E-state index is 5.93. The average molecular weight is 623 g/mol. The Balaban J connectivity index is 0.971. The van der Waals surface area contributed by atoms with Gasteiger partial charge in [-0.1, -0.05) is 74.4 Å². The Morgan fingerprint density at radius 1 is 0.660 bits per heavy atom. The quantitative estimate of drug-likeness (QED) is 0.147. The highest BCUT2D eigenvalue weighted by atomic mass is 16.5. The molecule has 1 saturated carbocycles. The van der Waals surface area contributed by atoms with Gasteiger partial charge in [0.2, 0.25) is 0 Å². The average Bonchev–Trinajstić information content (AvgIpc) is 3.10. The van der Waals surface area contributed by atoms with Crippen molar-refractivity contribution in [2.24, 2.45) is 0 Å². The molecule has 240 valence electrons. The molecule has 0 atom stereocenters. The molecule has 1 saturated heterocycles. The van der Waals surface area contributed by atoms with E-state index in [1.807, 2.05) is 19.5 Å². The minimum Gasteiger partial charge on any atom is -0.496 e. The molecule has 7 rings (SSSR count). The number of rotatable bonds is 11. The van der Waals surface area contributed by atoms with Gasteiger partial charge in [0.1, 0.15) is 5.75 Å². The summed E-state index contributed by atoms with van der Waals surface area (Å²) in [5.74, 6) is 1.69. The molecule has 0 spiro atoms. The lowest BCUT2D eigenvalue weighted by molar-refractivity contribution is 0.122. The third-order valence-electron chi connectivity index (χ3n) is 10.0. The van der Waals surface area contributed by atoms with Crippen molar-refractivity contribution in [3.63, 3.8) is 0 Å². The molecule has 0 radical (unpaired) electrons. The van der Waals surface area contributed by atoms with E-state index in [4.69, 9.17) is 14.7 Å². The maximum absolute atomic E-state index is 5.93. The summed E-state index contributed by atoms with van der Waals surface area (Å²) in [5, 5.41) is 0. The molecule has 5 heteroatoms. The highest BCUT2D eigenvalue weighted by Gasteiger charge is 2.25. The Labute approximate surface area is 280 Å². The summed E-state index contributed by atoms with van der Waals surface area (Å²) in [6.07, 6.45) is 10.0. The zero-order chi connectivity index (χ0) is 32.0. The first-order valence-corrected chi connectivity index (χ1v) is 17.4. The minimum absolute atomic E-state index is 0.662. The van der Waals surface area contributed by atoms with Crippen molar-refractivity contribution in [2.75, 3.05) is 33.3 Å². The minimum atomic E-state index is 0.662. The van der Waals surface area contributed by atoms with Crippen molar-refractivity contribution >= 4 is 0 Å². The van der Waals surface area contributed by atoms with E-state index in [0.717, 1.165) is 74.8 Å². The second-order valence-electron chi connectivity index (χ2n) is 13.2. The molecule has 47 heavy (non-hydrogen) atoms. The molecule has 5 aromatic rings. The first-order valence-electron chi connectivity index (χ1n) is 17.4. The summed E-state index contributed by atoms with van der Waals surface area (Å²) in [4.78, 5) is 14.7. The molecule has 5 nitrogen and oxygen atoms in total. The molecule has 2 aliphatic rings. The molecule has 0 unspecified atom stereocenters. The highest BCUT2D eigenvalue weighted by Crippen LogP contribution is 2.43. The van der Waals surface area contributed by atoms with Crippen LogP contribution in [0.2, 0.25) is 0 Å². The van der Waals surface area contributed by atoms with Crippen LogP contribution in [0.1, 0.15) is 60.8 Å². The van der Waals surface area contributed by atoms with Crippen molar-refractivity contribution in [1.29, 1.82) is 0 Å². The number of hydrogen-bond donors (Lipinski definition) is 0. The van der Waals surface area contributed by atoms with E-state index in [2.05, 4.69) is 108 Å². The summed E-state index contributed by atoms with van der Waals surface area (Å²) in [6, 6.07) is 32.8. The van der Waals surface area contributed by atoms with E-state index >= 15 is 0 Å². The van der Waals surface area contributed by atoms with Gasteiger partial charge in [0, 0.05) is 62.8 Å². The summed E-state index contributed by atoms with van der Waals surface area (Å²) in [7, 11) is 1.81. The Morgan fingerprint density at radius 2 is 1.23 bits per heavy atom. The monoisotopic (exact) mass is 622 g/mol.